The van der Waals surface area contributed by atoms with Crippen LogP contribution in [0.25, 0.3) is 10.9 Å². The number of nitrogens with zero attached hydrogens (tertiary/aromatic N) is 1. The van der Waals surface area contributed by atoms with Crippen LogP contribution in [0.2, 0.25) is 0 Å². The van der Waals surface area contributed by atoms with Crippen LogP contribution in [-0.4, -0.2) is 22.8 Å². The normalized spacial score (nSPS) is 13.2. The maximum Gasteiger partial charge on any atom is 0.408 e. The number of fused-ring (bicyclic) bond motifs is 1. The van der Waals surface area contributed by atoms with Gasteiger partial charge < -0.3 is 20.4 Å². The van der Waals surface area contributed by atoms with Crippen LogP contribution in [0.5, 0.6) is 0 Å². The fraction of sp³-hybridized carbons (Fsp3) is 0.438. The van der Waals surface area contributed by atoms with Gasteiger partial charge in [0.25, 0.3) is 0 Å². The van der Waals surface area contributed by atoms with Crippen molar-refractivity contribution >= 4 is 17.0 Å². The highest BCUT2D eigenvalue weighted by Gasteiger charge is 2.20. The van der Waals surface area contributed by atoms with E-state index in [1.165, 1.54) is 0 Å². The molecule has 1 atom stereocenters. The zero-order valence-corrected chi connectivity index (χ0v) is 13.0. The van der Waals surface area contributed by atoms with Crippen molar-refractivity contribution in [1.82, 2.24) is 9.88 Å². The molecule has 0 bridgehead atoms. The van der Waals surface area contributed by atoms with Gasteiger partial charge in [0.05, 0.1) is 6.04 Å². The SMILES string of the molecule is Cn1ccc2cc(C(CN)NC(=O)OC(C)(C)C)ccc21. The molecule has 0 spiro atoms. The Kier molecular flexibility index (Phi) is 4.23. The van der Waals surface area contributed by atoms with E-state index in [0.717, 1.165) is 16.5 Å². The number of carbonyl (C=O) groups is 1. The van der Waals surface area contributed by atoms with Gasteiger partial charge >= 0.3 is 6.09 Å². The van der Waals surface area contributed by atoms with E-state index >= 15 is 0 Å². The monoisotopic (exact) mass is 289 g/mol. The first-order valence-electron chi connectivity index (χ1n) is 7.05. The molecule has 114 valence electrons. The maximum absolute atomic E-state index is 11.9. The van der Waals surface area contributed by atoms with Crippen LogP contribution < -0.4 is 11.1 Å². The van der Waals surface area contributed by atoms with Gasteiger partial charge in [-0.3, -0.25) is 0 Å². The Bertz CT molecular complexity index is 640. The van der Waals surface area contributed by atoms with Gasteiger partial charge in [-0.25, -0.2) is 4.79 Å². The van der Waals surface area contributed by atoms with E-state index in [-0.39, 0.29) is 6.04 Å². The number of ether oxygens (including phenoxy) is 1. The average Bonchev–Trinajstić information content (AvgIpc) is 2.75. The summed E-state index contributed by atoms with van der Waals surface area (Å²) in [6.07, 6.45) is 1.55. The van der Waals surface area contributed by atoms with E-state index < -0.39 is 11.7 Å². The number of hydrogen-bond acceptors (Lipinski definition) is 3. The molecule has 1 aromatic carbocycles. The second-order valence-corrected chi connectivity index (χ2v) is 6.18. The number of hydrogen-bond donors (Lipinski definition) is 2. The van der Waals surface area contributed by atoms with Gasteiger partial charge in [0, 0.05) is 25.3 Å². The lowest BCUT2D eigenvalue weighted by atomic mass is 10.1. The Hall–Kier alpha value is -2.01. The first-order valence-corrected chi connectivity index (χ1v) is 7.05. The fourth-order valence-electron chi connectivity index (χ4n) is 2.25. The quantitative estimate of drug-likeness (QED) is 0.912. The van der Waals surface area contributed by atoms with Gasteiger partial charge in [-0.1, -0.05) is 6.07 Å². The third-order valence-corrected chi connectivity index (χ3v) is 3.24. The molecule has 2 rings (SSSR count). The molecule has 1 unspecified atom stereocenters. The van der Waals surface area contributed by atoms with Gasteiger partial charge in [0.1, 0.15) is 5.60 Å². The molecule has 0 aliphatic rings. The van der Waals surface area contributed by atoms with Crippen molar-refractivity contribution in [2.24, 2.45) is 12.8 Å². The summed E-state index contributed by atoms with van der Waals surface area (Å²) in [6, 6.07) is 7.84. The Morgan fingerprint density at radius 2 is 2.10 bits per heavy atom. The molecule has 2 aromatic rings. The predicted octanol–water partition coefficient (Wildman–Crippen LogP) is 2.70. The zero-order chi connectivity index (χ0) is 15.6. The molecule has 0 radical (unpaired) electrons. The highest BCUT2D eigenvalue weighted by atomic mass is 16.6. The number of nitrogens with two attached hydrogens (primary N) is 1. The molecule has 1 heterocycles. The second kappa shape index (κ2) is 5.77. The van der Waals surface area contributed by atoms with E-state index in [2.05, 4.69) is 9.88 Å². The first kappa shape index (κ1) is 15.4. The molecule has 21 heavy (non-hydrogen) atoms. The standard InChI is InChI=1S/C16H23N3O2/c1-16(2,3)21-15(20)18-13(10-17)11-5-6-14-12(9-11)7-8-19(14)4/h5-9,13H,10,17H2,1-4H3,(H,18,20). The van der Waals surface area contributed by atoms with Gasteiger partial charge in [-0.05, 0) is 49.9 Å². The number of nitrogens with one attached hydrogen (secondary N) is 1. The summed E-state index contributed by atoms with van der Waals surface area (Å²) in [5, 5.41) is 3.94. The van der Waals surface area contributed by atoms with Crippen molar-refractivity contribution in [2.75, 3.05) is 6.54 Å². The minimum absolute atomic E-state index is 0.260. The summed E-state index contributed by atoms with van der Waals surface area (Å²) in [7, 11) is 2.00. The van der Waals surface area contributed by atoms with Gasteiger partial charge in [-0.2, -0.15) is 0 Å². The molecule has 5 nitrogen and oxygen atoms in total. The summed E-state index contributed by atoms with van der Waals surface area (Å²) in [5.74, 6) is 0. The molecule has 0 saturated carbocycles. The molecule has 1 aromatic heterocycles. The maximum atomic E-state index is 11.9. The number of aryl methyl sites for hydroxylation is 1. The van der Waals surface area contributed by atoms with Crippen molar-refractivity contribution in [1.29, 1.82) is 0 Å². The Labute approximate surface area is 125 Å². The summed E-state index contributed by atoms with van der Waals surface area (Å²) in [5.41, 5.74) is 7.39. The van der Waals surface area contributed by atoms with E-state index in [1.807, 2.05) is 58.3 Å². The van der Waals surface area contributed by atoms with Crippen molar-refractivity contribution in [3.63, 3.8) is 0 Å². The smallest absolute Gasteiger partial charge is 0.408 e. The summed E-state index contributed by atoms with van der Waals surface area (Å²) >= 11 is 0. The Balaban J connectivity index is 2.17. The Morgan fingerprint density at radius 1 is 1.38 bits per heavy atom. The lowest BCUT2D eigenvalue weighted by molar-refractivity contribution is 0.0505. The number of benzene rings is 1. The first-order chi connectivity index (χ1) is 9.80. The van der Waals surface area contributed by atoms with Crippen LogP contribution in [0, 0.1) is 0 Å². The molecule has 1 amide bonds. The molecule has 0 aliphatic carbocycles. The van der Waals surface area contributed by atoms with Gasteiger partial charge in [0.15, 0.2) is 0 Å². The topological polar surface area (TPSA) is 69.3 Å². The number of carbonyl (C=O) groups excluding carboxylic acids is 1. The molecule has 0 saturated heterocycles. The van der Waals surface area contributed by atoms with Crippen LogP contribution in [-0.2, 0) is 11.8 Å². The lowest BCUT2D eigenvalue weighted by Crippen LogP contribution is -2.37. The Morgan fingerprint density at radius 3 is 2.71 bits per heavy atom. The molecule has 3 N–H and O–H groups in total. The van der Waals surface area contributed by atoms with Crippen molar-refractivity contribution in [2.45, 2.75) is 32.4 Å². The third-order valence-electron chi connectivity index (χ3n) is 3.24. The summed E-state index contributed by atoms with van der Waals surface area (Å²) in [4.78, 5) is 11.9. The number of rotatable bonds is 3. The fourth-order valence-corrected chi connectivity index (χ4v) is 2.25. The van der Waals surface area contributed by atoms with Crippen molar-refractivity contribution < 1.29 is 9.53 Å². The molecular weight excluding hydrogens is 266 g/mol. The van der Waals surface area contributed by atoms with Crippen molar-refractivity contribution in [3.05, 3.63) is 36.0 Å². The lowest BCUT2D eigenvalue weighted by Gasteiger charge is -2.23. The minimum atomic E-state index is -0.521. The second-order valence-electron chi connectivity index (χ2n) is 6.18. The molecule has 5 heteroatoms. The van der Waals surface area contributed by atoms with Crippen LogP contribution >= 0.6 is 0 Å². The molecule has 0 aliphatic heterocycles. The highest BCUT2D eigenvalue weighted by molar-refractivity contribution is 5.81. The van der Waals surface area contributed by atoms with E-state index in [1.54, 1.807) is 0 Å². The number of aromatic nitrogens is 1. The van der Waals surface area contributed by atoms with Crippen LogP contribution in [0.3, 0.4) is 0 Å². The van der Waals surface area contributed by atoms with E-state index in [0.29, 0.717) is 6.54 Å². The minimum Gasteiger partial charge on any atom is -0.444 e. The average molecular weight is 289 g/mol. The van der Waals surface area contributed by atoms with E-state index in [9.17, 15) is 4.79 Å². The van der Waals surface area contributed by atoms with Crippen molar-refractivity contribution in [3.8, 4) is 0 Å². The highest BCUT2D eigenvalue weighted by Crippen LogP contribution is 2.21. The third kappa shape index (κ3) is 3.76. The largest absolute Gasteiger partial charge is 0.444 e. The van der Waals surface area contributed by atoms with Gasteiger partial charge in [-0.15, -0.1) is 0 Å². The summed E-state index contributed by atoms with van der Waals surface area (Å²) < 4.78 is 7.33. The zero-order valence-electron chi connectivity index (χ0n) is 13.0. The molecular formula is C16H23N3O2. The van der Waals surface area contributed by atoms with E-state index in [4.69, 9.17) is 10.5 Å². The molecule has 0 fully saturated rings. The van der Waals surface area contributed by atoms with Crippen LogP contribution in [0.1, 0.15) is 32.4 Å². The summed E-state index contributed by atoms with van der Waals surface area (Å²) in [6.45, 7) is 5.82. The predicted molar refractivity (Wildman–Crippen MR) is 84.1 cm³/mol. The van der Waals surface area contributed by atoms with Crippen LogP contribution in [0.15, 0.2) is 30.5 Å². The van der Waals surface area contributed by atoms with Gasteiger partial charge in [0.2, 0.25) is 0 Å². The van der Waals surface area contributed by atoms with Crippen LogP contribution in [0.4, 0.5) is 4.79 Å². The number of alkyl carbamates (subject to hydrolysis) is 1. The number of amides is 1.